The smallest absolute Gasteiger partial charge is 0.239 e. The number of hydrogen-bond acceptors (Lipinski definition) is 5. The summed E-state index contributed by atoms with van der Waals surface area (Å²) in [5.41, 5.74) is 1.10. The molecule has 0 aliphatic rings. The van der Waals surface area contributed by atoms with Crippen molar-refractivity contribution < 1.29 is 17.9 Å². The fourth-order valence-corrected chi connectivity index (χ4v) is 4.55. The molecule has 8 heteroatoms. The molecule has 0 fully saturated rings. The average molecular weight is 483 g/mol. The third kappa shape index (κ3) is 8.16. The lowest BCUT2D eigenvalue weighted by Crippen LogP contribution is -2.28. The molecular formula is C21H27BrN2O4S. The SMILES string of the molecule is CCN(CC)CCOc1ccccc1NC(=O)CS(=O)(=O)Cc1cccc(Br)c1. The van der Waals surface area contributed by atoms with E-state index < -0.39 is 21.5 Å². The number of para-hydroxylation sites is 2. The number of benzene rings is 2. The molecule has 0 heterocycles. The Hall–Kier alpha value is -1.90. The summed E-state index contributed by atoms with van der Waals surface area (Å²) in [5.74, 6) is -0.841. The largest absolute Gasteiger partial charge is 0.490 e. The van der Waals surface area contributed by atoms with Crippen molar-refractivity contribution in [1.29, 1.82) is 0 Å². The molecule has 2 aromatic rings. The van der Waals surface area contributed by atoms with E-state index in [1.165, 1.54) is 0 Å². The Bertz CT molecular complexity index is 914. The van der Waals surface area contributed by atoms with Gasteiger partial charge in [0.1, 0.15) is 18.1 Å². The van der Waals surface area contributed by atoms with Crippen molar-refractivity contribution in [3.8, 4) is 5.75 Å². The number of rotatable bonds is 11. The molecule has 0 bridgehead atoms. The highest BCUT2D eigenvalue weighted by molar-refractivity contribution is 9.10. The van der Waals surface area contributed by atoms with Gasteiger partial charge in [-0.2, -0.15) is 0 Å². The quantitative estimate of drug-likeness (QED) is 0.527. The van der Waals surface area contributed by atoms with Gasteiger partial charge in [-0.25, -0.2) is 8.42 Å². The van der Waals surface area contributed by atoms with Crippen molar-refractivity contribution in [2.75, 3.05) is 37.3 Å². The van der Waals surface area contributed by atoms with Crippen molar-refractivity contribution >= 4 is 37.4 Å². The van der Waals surface area contributed by atoms with Crippen LogP contribution in [0, 0.1) is 0 Å². The van der Waals surface area contributed by atoms with Crippen LogP contribution in [0.3, 0.4) is 0 Å². The van der Waals surface area contributed by atoms with Crippen molar-refractivity contribution in [3.05, 3.63) is 58.6 Å². The zero-order valence-corrected chi connectivity index (χ0v) is 19.1. The number of ether oxygens (including phenoxy) is 1. The first-order valence-corrected chi connectivity index (χ1v) is 12.1. The minimum atomic E-state index is -3.60. The number of hydrogen-bond donors (Lipinski definition) is 1. The molecule has 1 amide bonds. The Morgan fingerprint density at radius 2 is 1.83 bits per heavy atom. The monoisotopic (exact) mass is 482 g/mol. The Labute approximate surface area is 181 Å². The van der Waals surface area contributed by atoms with E-state index in [0.717, 1.165) is 24.1 Å². The molecule has 0 spiro atoms. The molecule has 6 nitrogen and oxygen atoms in total. The van der Waals surface area contributed by atoms with Crippen LogP contribution >= 0.6 is 15.9 Å². The van der Waals surface area contributed by atoms with Gasteiger partial charge in [0.2, 0.25) is 5.91 Å². The molecule has 0 atom stereocenters. The lowest BCUT2D eigenvalue weighted by atomic mass is 10.2. The summed E-state index contributed by atoms with van der Waals surface area (Å²) in [4.78, 5) is 14.6. The zero-order chi connectivity index (χ0) is 21.3. The van der Waals surface area contributed by atoms with Crippen LogP contribution < -0.4 is 10.1 Å². The summed E-state index contributed by atoms with van der Waals surface area (Å²) in [7, 11) is -3.60. The normalized spacial score (nSPS) is 11.4. The second kappa shape index (κ2) is 11.3. The van der Waals surface area contributed by atoms with E-state index in [1.54, 1.807) is 36.4 Å². The number of nitrogens with zero attached hydrogens (tertiary/aromatic N) is 1. The van der Waals surface area contributed by atoms with E-state index >= 15 is 0 Å². The van der Waals surface area contributed by atoms with E-state index in [4.69, 9.17) is 4.74 Å². The molecular weight excluding hydrogens is 456 g/mol. The number of sulfone groups is 1. The fourth-order valence-electron chi connectivity index (χ4n) is 2.84. The van der Waals surface area contributed by atoms with Gasteiger partial charge in [-0.05, 0) is 42.9 Å². The molecule has 0 aromatic heterocycles. The first kappa shape index (κ1) is 23.4. The predicted molar refractivity (Wildman–Crippen MR) is 120 cm³/mol. The minimum absolute atomic E-state index is 0.193. The highest BCUT2D eigenvalue weighted by Crippen LogP contribution is 2.24. The summed E-state index contributed by atoms with van der Waals surface area (Å²) in [6.07, 6.45) is 0. The van der Waals surface area contributed by atoms with E-state index in [1.807, 2.05) is 12.1 Å². The van der Waals surface area contributed by atoms with Crippen LogP contribution in [0.1, 0.15) is 19.4 Å². The first-order valence-electron chi connectivity index (χ1n) is 9.52. The predicted octanol–water partition coefficient (Wildman–Crippen LogP) is 3.72. The number of amides is 1. The lowest BCUT2D eigenvalue weighted by Gasteiger charge is -2.19. The summed E-state index contributed by atoms with van der Waals surface area (Å²) in [6, 6.07) is 14.1. The number of carbonyl (C=O) groups excluding carboxylic acids is 1. The van der Waals surface area contributed by atoms with Gasteiger partial charge in [0.15, 0.2) is 9.84 Å². The third-order valence-corrected chi connectivity index (χ3v) is 6.32. The van der Waals surface area contributed by atoms with Crippen molar-refractivity contribution in [3.63, 3.8) is 0 Å². The number of likely N-dealkylation sites (N-methyl/N-ethyl adjacent to an activating group) is 1. The van der Waals surface area contributed by atoms with Gasteiger partial charge in [0.25, 0.3) is 0 Å². The van der Waals surface area contributed by atoms with Crippen LogP contribution in [0.15, 0.2) is 53.0 Å². The fraction of sp³-hybridized carbons (Fsp3) is 0.381. The average Bonchev–Trinajstić information content (AvgIpc) is 2.65. The summed E-state index contributed by atoms with van der Waals surface area (Å²) >= 11 is 3.32. The van der Waals surface area contributed by atoms with Crippen LogP contribution in [-0.4, -0.2) is 51.2 Å². The third-order valence-electron chi connectivity index (χ3n) is 4.35. The maximum absolute atomic E-state index is 12.4. The van der Waals surface area contributed by atoms with Gasteiger partial charge >= 0.3 is 0 Å². The van der Waals surface area contributed by atoms with E-state index in [0.29, 0.717) is 23.6 Å². The van der Waals surface area contributed by atoms with Crippen LogP contribution in [0.25, 0.3) is 0 Å². The summed E-state index contributed by atoms with van der Waals surface area (Å²) in [5, 5.41) is 2.66. The van der Waals surface area contributed by atoms with Crippen LogP contribution in [0.5, 0.6) is 5.75 Å². The second-order valence-electron chi connectivity index (χ2n) is 6.58. The summed E-state index contributed by atoms with van der Waals surface area (Å²) < 4.78 is 31.4. The molecule has 0 radical (unpaired) electrons. The maximum Gasteiger partial charge on any atom is 0.239 e. The molecule has 1 N–H and O–H groups in total. The van der Waals surface area contributed by atoms with E-state index in [9.17, 15) is 13.2 Å². The Morgan fingerprint density at radius 1 is 1.10 bits per heavy atom. The highest BCUT2D eigenvalue weighted by atomic mass is 79.9. The number of nitrogens with one attached hydrogen (secondary N) is 1. The van der Waals surface area contributed by atoms with Crippen molar-refractivity contribution in [2.45, 2.75) is 19.6 Å². The molecule has 0 unspecified atom stereocenters. The Morgan fingerprint density at radius 3 is 2.52 bits per heavy atom. The van der Waals surface area contributed by atoms with Gasteiger partial charge in [-0.3, -0.25) is 4.79 Å². The molecule has 158 valence electrons. The Balaban J connectivity index is 1.96. The molecule has 0 saturated carbocycles. The topological polar surface area (TPSA) is 75.7 Å². The second-order valence-corrected chi connectivity index (χ2v) is 9.56. The molecule has 2 rings (SSSR count). The molecule has 0 aliphatic carbocycles. The van der Waals surface area contributed by atoms with E-state index in [-0.39, 0.29) is 5.75 Å². The van der Waals surface area contributed by atoms with Gasteiger partial charge in [-0.15, -0.1) is 0 Å². The van der Waals surface area contributed by atoms with Gasteiger partial charge in [0.05, 0.1) is 11.4 Å². The minimum Gasteiger partial charge on any atom is -0.490 e. The highest BCUT2D eigenvalue weighted by Gasteiger charge is 2.19. The van der Waals surface area contributed by atoms with Gasteiger partial charge < -0.3 is 15.0 Å². The van der Waals surface area contributed by atoms with E-state index in [2.05, 4.69) is 40.0 Å². The van der Waals surface area contributed by atoms with Crippen molar-refractivity contribution in [1.82, 2.24) is 4.90 Å². The van der Waals surface area contributed by atoms with Crippen LogP contribution in [0.4, 0.5) is 5.69 Å². The maximum atomic E-state index is 12.4. The van der Waals surface area contributed by atoms with Crippen LogP contribution in [0.2, 0.25) is 0 Å². The zero-order valence-electron chi connectivity index (χ0n) is 16.7. The van der Waals surface area contributed by atoms with Crippen molar-refractivity contribution in [2.24, 2.45) is 0 Å². The Kier molecular flexibility index (Phi) is 9.13. The molecule has 2 aromatic carbocycles. The first-order chi connectivity index (χ1) is 13.8. The standard InChI is InChI=1S/C21H27BrN2O4S/c1-3-24(4-2)12-13-28-20-11-6-5-10-19(20)23-21(25)16-29(26,27)15-17-8-7-9-18(22)14-17/h5-11,14H,3-4,12-13,15-16H2,1-2H3,(H,23,25). The molecule has 29 heavy (non-hydrogen) atoms. The van der Waals surface area contributed by atoms with Gasteiger partial charge in [-0.1, -0.05) is 54.0 Å². The number of halogens is 1. The molecule has 0 aliphatic heterocycles. The van der Waals surface area contributed by atoms with Crippen LogP contribution in [-0.2, 0) is 20.4 Å². The lowest BCUT2D eigenvalue weighted by molar-refractivity contribution is -0.113. The summed E-state index contributed by atoms with van der Waals surface area (Å²) in [6.45, 7) is 7.31. The molecule has 0 saturated heterocycles. The number of carbonyl (C=O) groups is 1. The van der Waals surface area contributed by atoms with Gasteiger partial charge in [0, 0.05) is 11.0 Å². The number of anilines is 1.